The van der Waals surface area contributed by atoms with Crippen LogP contribution in [0.1, 0.15) is 32.6 Å². The van der Waals surface area contributed by atoms with Crippen LogP contribution in [0.4, 0.5) is 0 Å². The Kier molecular flexibility index (Phi) is 6.07. The van der Waals surface area contributed by atoms with E-state index in [1.54, 1.807) is 0 Å². The maximum atomic E-state index is 12.1. The molecule has 1 saturated heterocycles. The first kappa shape index (κ1) is 14.8. The lowest BCUT2D eigenvalue weighted by Crippen LogP contribution is -2.49. The van der Waals surface area contributed by atoms with Gasteiger partial charge in [-0.1, -0.05) is 12.8 Å². The van der Waals surface area contributed by atoms with Gasteiger partial charge in [0, 0.05) is 19.6 Å². The Bertz CT molecular complexity index is 274. The molecule has 19 heavy (non-hydrogen) atoms. The van der Waals surface area contributed by atoms with Gasteiger partial charge in [0.05, 0.1) is 32.0 Å². The van der Waals surface area contributed by atoms with Gasteiger partial charge in [-0.2, -0.15) is 0 Å². The molecule has 1 amide bonds. The van der Waals surface area contributed by atoms with Gasteiger partial charge in [0.2, 0.25) is 5.91 Å². The second-order valence-electron chi connectivity index (χ2n) is 5.39. The first-order valence-corrected chi connectivity index (χ1v) is 7.49. The van der Waals surface area contributed by atoms with E-state index >= 15 is 0 Å². The number of morpholine rings is 1. The van der Waals surface area contributed by atoms with Gasteiger partial charge in [-0.3, -0.25) is 4.79 Å². The molecule has 0 radical (unpaired) electrons. The van der Waals surface area contributed by atoms with Crippen molar-refractivity contribution in [2.24, 2.45) is 0 Å². The summed E-state index contributed by atoms with van der Waals surface area (Å²) in [5.74, 6) is 0.171. The molecule has 0 bridgehead atoms. The molecule has 1 atom stereocenters. The van der Waals surface area contributed by atoms with Gasteiger partial charge < -0.3 is 19.7 Å². The Labute approximate surface area is 115 Å². The minimum Gasteiger partial charge on any atom is -0.378 e. The first-order valence-electron chi connectivity index (χ1n) is 7.49. The van der Waals surface area contributed by atoms with Crippen LogP contribution < -0.4 is 5.32 Å². The topological polar surface area (TPSA) is 50.8 Å². The summed E-state index contributed by atoms with van der Waals surface area (Å²) in [6.45, 7) is 6.10. The van der Waals surface area contributed by atoms with E-state index in [0.29, 0.717) is 39.0 Å². The van der Waals surface area contributed by atoms with Crippen LogP contribution in [0.15, 0.2) is 0 Å². The number of hydrogen-bond donors (Lipinski definition) is 1. The molecule has 110 valence electrons. The number of carbonyl (C=O) groups is 1. The molecule has 0 aromatic heterocycles. The summed E-state index contributed by atoms with van der Waals surface area (Å²) in [5, 5.41) is 3.25. The Balaban J connectivity index is 1.57. The zero-order valence-electron chi connectivity index (χ0n) is 11.9. The minimum absolute atomic E-state index is 0.134. The monoisotopic (exact) mass is 270 g/mol. The third-order valence-electron chi connectivity index (χ3n) is 3.90. The van der Waals surface area contributed by atoms with E-state index in [-0.39, 0.29) is 11.9 Å². The van der Waals surface area contributed by atoms with Crippen molar-refractivity contribution in [2.45, 2.75) is 44.8 Å². The fourth-order valence-electron chi connectivity index (χ4n) is 2.70. The Morgan fingerprint density at radius 2 is 2.05 bits per heavy atom. The molecular weight excluding hydrogens is 244 g/mol. The molecule has 2 rings (SSSR count). The Morgan fingerprint density at radius 1 is 1.37 bits per heavy atom. The fraction of sp³-hybridized carbons (Fsp3) is 0.929. The molecule has 1 saturated carbocycles. The number of nitrogens with zero attached hydrogens (tertiary/aromatic N) is 1. The zero-order chi connectivity index (χ0) is 13.5. The quantitative estimate of drug-likeness (QED) is 0.725. The molecule has 0 spiro atoms. The number of hydrogen-bond acceptors (Lipinski definition) is 4. The maximum Gasteiger partial charge on any atom is 0.239 e. The van der Waals surface area contributed by atoms with Gasteiger partial charge in [0.15, 0.2) is 0 Å². The van der Waals surface area contributed by atoms with Crippen LogP contribution in [0, 0.1) is 0 Å². The molecule has 1 unspecified atom stereocenters. The van der Waals surface area contributed by atoms with Crippen molar-refractivity contribution in [3.05, 3.63) is 0 Å². The summed E-state index contributed by atoms with van der Waals surface area (Å²) in [4.78, 5) is 14.0. The largest absolute Gasteiger partial charge is 0.378 e. The number of carbonyl (C=O) groups excluding carboxylic acids is 1. The van der Waals surface area contributed by atoms with Crippen molar-refractivity contribution < 1.29 is 14.3 Å². The van der Waals surface area contributed by atoms with Crippen molar-refractivity contribution in [2.75, 3.05) is 39.5 Å². The average Bonchev–Trinajstić information content (AvgIpc) is 2.96. The molecule has 2 aliphatic rings. The highest BCUT2D eigenvalue weighted by atomic mass is 16.5. The molecule has 1 aliphatic heterocycles. The van der Waals surface area contributed by atoms with E-state index in [4.69, 9.17) is 9.47 Å². The van der Waals surface area contributed by atoms with Gasteiger partial charge in [-0.05, 0) is 19.8 Å². The Hall–Kier alpha value is -0.650. The van der Waals surface area contributed by atoms with Crippen molar-refractivity contribution in [1.29, 1.82) is 0 Å². The van der Waals surface area contributed by atoms with E-state index in [2.05, 4.69) is 5.32 Å². The average molecular weight is 270 g/mol. The van der Waals surface area contributed by atoms with Crippen LogP contribution in [0.2, 0.25) is 0 Å². The van der Waals surface area contributed by atoms with Crippen molar-refractivity contribution >= 4 is 5.91 Å². The van der Waals surface area contributed by atoms with Crippen LogP contribution in [-0.2, 0) is 14.3 Å². The van der Waals surface area contributed by atoms with Crippen molar-refractivity contribution in [1.82, 2.24) is 10.2 Å². The lowest BCUT2D eigenvalue weighted by atomic mass is 10.2. The normalized spacial score (nSPS) is 22.7. The highest BCUT2D eigenvalue weighted by molar-refractivity contribution is 5.81. The smallest absolute Gasteiger partial charge is 0.239 e. The minimum atomic E-state index is -0.134. The molecule has 1 aliphatic carbocycles. The van der Waals surface area contributed by atoms with Crippen LogP contribution in [0.5, 0.6) is 0 Å². The summed E-state index contributed by atoms with van der Waals surface area (Å²) in [6, 6.07) is -0.134. The lowest BCUT2D eigenvalue weighted by molar-refractivity contribution is -0.137. The molecular formula is C14H26N2O3. The molecule has 5 heteroatoms. The molecule has 0 aromatic carbocycles. The number of amides is 1. The number of ether oxygens (including phenoxy) is 2. The van der Waals surface area contributed by atoms with E-state index in [1.807, 2.05) is 11.8 Å². The predicted molar refractivity (Wildman–Crippen MR) is 73.1 cm³/mol. The zero-order valence-corrected chi connectivity index (χ0v) is 11.9. The summed E-state index contributed by atoms with van der Waals surface area (Å²) in [5.41, 5.74) is 0. The van der Waals surface area contributed by atoms with Gasteiger partial charge >= 0.3 is 0 Å². The van der Waals surface area contributed by atoms with Gasteiger partial charge in [-0.15, -0.1) is 0 Å². The molecule has 2 fully saturated rings. The van der Waals surface area contributed by atoms with Gasteiger partial charge in [-0.25, -0.2) is 0 Å². The van der Waals surface area contributed by atoms with E-state index < -0.39 is 0 Å². The summed E-state index contributed by atoms with van der Waals surface area (Å²) < 4.78 is 11.0. The molecule has 5 nitrogen and oxygen atoms in total. The van der Waals surface area contributed by atoms with E-state index in [0.717, 1.165) is 6.54 Å². The fourth-order valence-corrected chi connectivity index (χ4v) is 2.70. The summed E-state index contributed by atoms with van der Waals surface area (Å²) >= 11 is 0. The van der Waals surface area contributed by atoms with Crippen LogP contribution in [0.25, 0.3) is 0 Å². The lowest BCUT2D eigenvalue weighted by Gasteiger charge is -2.29. The second-order valence-corrected chi connectivity index (χ2v) is 5.39. The SMILES string of the molecule is CC(NCCOC1CCCC1)C(=O)N1CCOCC1. The number of rotatable bonds is 6. The van der Waals surface area contributed by atoms with Crippen LogP contribution in [0.3, 0.4) is 0 Å². The standard InChI is InChI=1S/C14H26N2O3/c1-12(14(17)16-7-10-18-11-8-16)15-6-9-19-13-4-2-3-5-13/h12-13,15H,2-11H2,1H3. The van der Waals surface area contributed by atoms with Crippen LogP contribution in [-0.4, -0.2) is 62.4 Å². The summed E-state index contributed by atoms with van der Waals surface area (Å²) in [6.07, 6.45) is 5.44. The molecule has 1 heterocycles. The third-order valence-corrected chi connectivity index (χ3v) is 3.90. The van der Waals surface area contributed by atoms with Crippen molar-refractivity contribution in [3.8, 4) is 0 Å². The third kappa shape index (κ3) is 4.75. The van der Waals surface area contributed by atoms with E-state index in [1.165, 1.54) is 25.7 Å². The maximum absolute atomic E-state index is 12.1. The highest BCUT2D eigenvalue weighted by Crippen LogP contribution is 2.20. The molecule has 1 N–H and O–H groups in total. The van der Waals surface area contributed by atoms with E-state index in [9.17, 15) is 4.79 Å². The summed E-state index contributed by atoms with van der Waals surface area (Å²) in [7, 11) is 0. The highest BCUT2D eigenvalue weighted by Gasteiger charge is 2.22. The number of nitrogens with one attached hydrogen (secondary N) is 1. The van der Waals surface area contributed by atoms with Gasteiger partial charge in [0.25, 0.3) is 0 Å². The second kappa shape index (κ2) is 7.82. The predicted octanol–water partition coefficient (Wildman–Crippen LogP) is 0.783. The van der Waals surface area contributed by atoms with Gasteiger partial charge in [0.1, 0.15) is 0 Å². The van der Waals surface area contributed by atoms with Crippen LogP contribution >= 0.6 is 0 Å². The molecule has 0 aromatic rings. The first-order chi connectivity index (χ1) is 9.27. The van der Waals surface area contributed by atoms with Crippen molar-refractivity contribution in [3.63, 3.8) is 0 Å². The Morgan fingerprint density at radius 3 is 2.74 bits per heavy atom.